The molecule has 1 heterocycles. The number of rotatable bonds is 3. The summed E-state index contributed by atoms with van der Waals surface area (Å²) in [5.41, 5.74) is 4.58. The molecule has 1 N–H and O–H groups in total. The number of nitrogens with zero attached hydrogens (tertiary/aromatic N) is 1. The van der Waals surface area contributed by atoms with E-state index in [1.54, 1.807) is 13.3 Å². The highest BCUT2D eigenvalue weighted by atomic mass is 16.5. The monoisotopic (exact) mass is 257 g/mol. The Morgan fingerprint density at radius 1 is 1.11 bits per heavy atom. The van der Waals surface area contributed by atoms with Gasteiger partial charge in [-0.2, -0.15) is 0 Å². The van der Waals surface area contributed by atoms with Gasteiger partial charge in [0.1, 0.15) is 11.9 Å². The fraction of sp³-hybridized carbons (Fsp3) is 0.312. The maximum absolute atomic E-state index is 10.6. The number of aliphatic hydroxyl groups is 1. The van der Waals surface area contributed by atoms with Crippen LogP contribution in [0.25, 0.3) is 0 Å². The lowest BCUT2D eigenvalue weighted by molar-refractivity contribution is 0.209. The van der Waals surface area contributed by atoms with E-state index in [1.165, 1.54) is 0 Å². The molecular formula is C16H19NO2. The first-order valence-electron chi connectivity index (χ1n) is 6.28. The van der Waals surface area contributed by atoms with Gasteiger partial charge in [-0.1, -0.05) is 17.7 Å². The summed E-state index contributed by atoms with van der Waals surface area (Å²) < 4.78 is 5.32. The highest BCUT2D eigenvalue weighted by molar-refractivity contribution is 5.42. The molecule has 3 nitrogen and oxygen atoms in total. The number of benzene rings is 1. The van der Waals surface area contributed by atoms with Crippen LogP contribution in [0.5, 0.6) is 5.75 Å². The number of ether oxygens (including phenoxy) is 1. The van der Waals surface area contributed by atoms with E-state index in [-0.39, 0.29) is 0 Å². The summed E-state index contributed by atoms with van der Waals surface area (Å²) in [5, 5.41) is 10.6. The van der Waals surface area contributed by atoms with E-state index >= 15 is 0 Å². The number of pyridine rings is 1. The van der Waals surface area contributed by atoms with Crippen molar-refractivity contribution in [2.24, 2.45) is 0 Å². The Balaban J connectivity index is 2.49. The lowest BCUT2D eigenvalue weighted by atomic mass is 9.99. The standard InChI is InChI=1S/C16H19NO2/c1-10-5-6-14(19-4)13(8-10)16(18)15-12(3)7-11(2)9-17-15/h5-9,16,18H,1-4H3. The van der Waals surface area contributed by atoms with Crippen molar-refractivity contribution < 1.29 is 9.84 Å². The van der Waals surface area contributed by atoms with Gasteiger partial charge in [0, 0.05) is 11.8 Å². The summed E-state index contributed by atoms with van der Waals surface area (Å²) in [6.07, 6.45) is 1.00. The Labute approximate surface area is 113 Å². The van der Waals surface area contributed by atoms with Gasteiger partial charge >= 0.3 is 0 Å². The molecule has 1 aromatic carbocycles. The Morgan fingerprint density at radius 3 is 2.47 bits per heavy atom. The minimum atomic E-state index is -0.768. The second-order valence-corrected chi connectivity index (χ2v) is 4.86. The summed E-state index contributed by atoms with van der Waals surface area (Å²) in [4.78, 5) is 4.35. The van der Waals surface area contributed by atoms with Crippen molar-refractivity contribution >= 4 is 0 Å². The third kappa shape index (κ3) is 2.76. The van der Waals surface area contributed by atoms with Crippen molar-refractivity contribution in [1.29, 1.82) is 0 Å². The predicted octanol–water partition coefficient (Wildman–Crippen LogP) is 3.10. The zero-order valence-electron chi connectivity index (χ0n) is 11.8. The minimum absolute atomic E-state index is 0.675. The fourth-order valence-electron chi connectivity index (χ4n) is 2.23. The predicted molar refractivity (Wildman–Crippen MR) is 75.5 cm³/mol. The summed E-state index contributed by atoms with van der Waals surface area (Å²) in [5.74, 6) is 0.680. The fourth-order valence-corrected chi connectivity index (χ4v) is 2.23. The molecule has 1 aromatic heterocycles. The first-order chi connectivity index (χ1) is 9.02. The normalized spacial score (nSPS) is 12.3. The van der Waals surface area contributed by atoms with Gasteiger partial charge in [-0.25, -0.2) is 0 Å². The molecule has 0 aliphatic carbocycles. The number of methoxy groups -OCH3 is 1. The average Bonchev–Trinajstić information content (AvgIpc) is 2.38. The van der Waals surface area contributed by atoms with Crippen LogP contribution in [0.15, 0.2) is 30.5 Å². The van der Waals surface area contributed by atoms with Gasteiger partial charge in [-0.15, -0.1) is 0 Å². The number of aryl methyl sites for hydroxylation is 3. The molecule has 0 saturated carbocycles. The molecule has 2 rings (SSSR count). The maximum atomic E-state index is 10.6. The van der Waals surface area contributed by atoms with Crippen LogP contribution < -0.4 is 4.74 Å². The molecule has 0 amide bonds. The van der Waals surface area contributed by atoms with E-state index < -0.39 is 6.10 Å². The van der Waals surface area contributed by atoms with E-state index in [0.717, 1.165) is 22.3 Å². The first-order valence-corrected chi connectivity index (χ1v) is 6.28. The number of aliphatic hydroxyl groups excluding tert-OH is 1. The summed E-state index contributed by atoms with van der Waals surface area (Å²) >= 11 is 0. The van der Waals surface area contributed by atoms with Crippen LogP contribution in [0.4, 0.5) is 0 Å². The van der Waals surface area contributed by atoms with Gasteiger partial charge in [0.2, 0.25) is 0 Å². The van der Waals surface area contributed by atoms with Gasteiger partial charge in [-0.3, -0.25) is 4.98 Å². The molecular weight excluding hydrogens is 238 g/mol. The lowest BCUT2D eigenvalue weighted by Gasteiger charge is -2.17. The third-order valence-corrected chi connectivity index (χ3v) is 3.19. The van der Waals surface area contributed by atoms with Crippen LogP contribution in [0.2, 0.25) is 0 Å². The van der Waals surface area contributed by atoms with Crippen molar-refractivity contribution in [2.75, 3.05) is 7.11 Å². The molecule has 1 atom stereocenters. The molecule has 0 aliphatic rings. The molecule has 0 aliphatic heterocycles. The second-order valence-electron chi connectivity index (χ2n) is 4.86. The topological polar surface area (TPSA) is 42.4 Å². The average molecular weight is 257 g/mol. The van der Waals surface area contributed by atoms with Crippen molar-refractivity contribution in [3.05, 3.63) is 58.4 Å². The van der Waals surface area contributed by atoms with Crippen LogP contribution in [0.3, 0.4) is 0 Å². The van der Waals surface area contributed by atoms with Gasteiger partial charge in [0.15, 0.2) is 0 Å². The summed E-state index contributed by atoms with van der Waals surface area (Å²) in [6.45, 7) is 5.94. The van der Waals surface area contributed by atoms with Crippen LogP contribution in [-0.2, 0) is 0 Å². The van der Waals surface area contributed by atoms with Crippen LogP contribution in [-0.4, -0.2) is 17.2 Å². The SMILES string of the molecule is COc1ccc(C)cc1C(O)c1ncc(C)cc1C. The second kappa shape index (κ2) is 5.41. The molecule has 0 saturated heterocycles. The molecule has 100 valence electrons. The van der Waals surface area contributed by atoms with Gasteiger partial charge in [-0.05, 0) is 44.0 Å². The lowest BCUT2D eigenvalue weighted by Crippen LogP contribution is -2.07. The van der Waals surface area contributed by atoms with Crippen molar-refractivity contribution in [3.63, 3.8) is 0 Å². The third-order valence-electron chi connectivity index (χ3n) is 3.19. The van der Waals surface area contributed by atoms with Crippen LogP contribution >= 0.6 is 0 Å². The molecule has 19 heavy (non-hydrogen) atoms. The smallest absolute Gasteiger partial charge is 0.125 e. The van der Waals surface area contributed by atoms with E-state index in [0.29, 0.717) is 11.4 Å². The first kappa shape index (κ1) is 13.6. The summed E-state index contributed by atoms with van der Waals surface area (Å²) in [6, 6.07) is 7.79. The summed E-state index contributed by atoms with van der Waals surface area (Å²) in [7, 11) is 1.61. The Bertz CT molecular complexity index is 593. The molecule has 0 fully saturated rings. The molecule has 1 unspecified atom stereocenters. The molecule has 3 heteroatoms. The molecule has 0 radical (unpaired) electrons. The quantitative estimate of drug-likeness (QED) is 0.918. The van der Waals surface area contributed by atoms with E-state index in [1.807, 2.05) is 45.0 Å². The van der Waals surface area contributed by atoms with E-state index in [4.69, 9.17) is 4.74 Å². The number of hydrogen-bond donors (Lipinski definition) is 1. The highest BCUT2D eigenvalue weighted by Gasteiger charge is 2.18. The Hall–Kier alpha value is -1.87. The molecule has 0 spiro atoms. The van der Waals surface area contributed by atoms with E-state index in [2.05, 4.69) is 4.98 Å². The maximum Gasteiger partial charge on any atom is 0.125 e. The Morgan fingerprint density at radius 2 is 1.84 bits per heavy atom. The highest BCUT2D eigenvalue weighted by Crippen LogP contribution is 2.31. The molecule has 0 bridgehead atoms. The van der Waals surface area contributed by atoms with E-state index in [9.17, 15) is 5.11 Å². The molecule has 2 aromatic rings. The van der Waals surface area contributed by atoms with Crippen molar-refractivity contribution in [3.8, 4) is 5.75 Å². The van der Waals surface area contributed by atoms with Crippen molar-refractivity contribution in [2.45, 2.75) is 26.9 Å². The zero-order valence-corrected chi connectivity index (χ0v) is 11.8. The van der Waals surface area contributed by atoms with Crippen LogP contribution in [0, 0.1) is 20.8 Å². The zero-order chi connectivity index (χ0) is 14.0. The number of aromatic nitrogens is 1. The Kier molecular flexibility index (Phi) is 3.86. The number of hydrogen-bond acceptors (Lipinski definition) is 3. The van der Waals surface area contributed by atoms with Crippen LogP contribution in [0.1, 0.15) is 34.1 Å². The minimum Gasteiger partial charge on any atom is -0.496 e. The van der Waals surface area contributed by atoms with Gasteiger partial charge < -0.3 is 9.84 Å². The van der Waals surface area contributed by atoms with Gasteiger partial charge in [0.25, 0.3) is 0 Å². The largest absolute Gasteiger partial charge is 0.496 e. The van der Waals surface area contributed by atoms with Crippen molar-refractivity contribution in [1.82, 2.24) is 4.98 Å². The van der Waals surface area contributed by atoms with Gasteiger partial charge in [0.05, 0.1) is 12.8 Å².